The van der Waals surface area contributed by atoms with Crippen molar-refractivity contribution < 1.29 is 24.0 Å². The number of amides is 5. The van der Waals surface area contributed by atoms with Crippen molar-refractivity contribution in [2.75, 3.05) is 0 Å². The number of carbonyl (C=O) groups excluding carboxylic acids is 5. The summed E-state index contributed by atoms with van der Waals surface area (Å²) in [4.78, 5) is 58.9. The molecule has 1 aliphatic rings. The van der Waals surface area contributed by atoms with Crippen LogP contribution in [-0.2, 0) is 19.2 Å². The highest BCUT2D eigenvalue weighted by atomic mass is 32.1. The van der Waals surface area contributed by atoms with Crippen LogP contribution in [0, 0.1) is 0 Å². The molecule has 0 N–H and O–H groups in total. The van der Waals surface area contributed by atoms with Gasteiger partial charge in [0.1, 0.15) is 0 Å². The molecule has 0 aromatic rings. The lowest BCUT2D eigenvalue weighted by atomic mass is 9.95. The van der Waals surface area contributed by atoms with Gasteiger partial charge in [0.2, 0.25) is 17.4 Å². The number of thiocarbonyl (C=S) groups is 1. The highest BCUT2D eigenvalue weighted by Gasteiger charge is 2.62. The third kappa shape index (κ3) is 1.57. The summed E-state index contributed by atoms with van der Waals surface area (Å²) in [7, 11) is 0. The molecule has 1 saturated heterocycles. The van der Waals surface area contributed by atoms with Crippen molar-refractivity contribution >= 4 is 47.1 Å². The molecule has 8 heteroatoms. The molecule has 0 radical (unpaired) electrons. The number of hydrogen-bond donors (Lipinski definition) is 0. The molecule has 0 aliphatic carbocycles. The van der Waals surface area contributed by atoms with Crippen LogP contribution in [0.25, 0.3) is 0 Å². The first-order valence-electron chi connectivity index (χ1n) is 4.89. The van der Waals surface area contributed by atoms with Crippen LogP contribution in [0.2, 0.25) is 0 Å². The van der Waals surface area contributed by atoms with Crippen LogP contribution in [0.3, 0.4) is 0 Å². The maximum Gasteiger partial charge on any atom is 0.342 e. The van der Waals surface area contributed by atoms with Gasteiger partial charge < -0.3 is 0 Å². The minimum atomic E-state index is -2.19. The lowest BCUT2D eigenvalue weighted by molar-refractivity contribution is -0.145. The van der Waals surface area contributed by atoms with Crippen LogP contribution >= 0.6 is 12.2 Å². The average Bonchev–Trinajstić information content (AvgIpc) is 2.46. The fourth-order valence-electron chi connectivity index (χ4n) is 1.76. The summed E-state index contributed by atoms with van der Waals surface area (Å²) in [5.74, 6) is -3.63. The Morgan fingerprint density at radius 3 is 1.83 bits per heavy atom. The van der Waals surface area contributed by atoms with Crippen molar-refractivity contribution in [3.05, 3.63) is 0 Å². The van der Waals surface area contributed by atoms with Gasteiger partial charge in [0.05, 0.1) is 0 Å². The van der Waals surface area contributed by atoms with Gasteiger partial charge in [0, 0.05) is 19.2 Å². The van der Waals surface area contributed by atoms with E-state index in [4.69, 9.17) is 0 Å². The molecule has 0 aromatic heterocycles. The molecule has 7 nitrogen and oxygen atoms in total. The van der Waals surface area contributed by atoms with Crippen LogP contribution in [-0.4, -0.2) is 50.2 Å². The normalized spacial score (nSPS) is 23.3. The summed E-state index contributed by atoms with van der Waals surface area (Å²) in [6.45, 7) is 3.01. The number of nitrogens with zero attached hydrogens (tertiary/aromatic N) is 2. The number of imide groups is 4. The summed E-state index contributed by atoms with van der Waals surface area (Å²) in [6.07, 6.45) is 0. The van der Waals surface area contributed by atoms with E-state index < -0.39 is 35.1 Å². The first-order chi connectivity index (χ1) is 8.21. The number of urea groups is 1. The van der Waals surface area contributed by atoms with Gasteiger partial charge in [-0.15, -0.1) is 0 Å². The quantitative estimate of drug-likeness (QED) is 0.387. The Balaban J connectivity index is 3.57. The molecule has 1 unspecified atom stereocenters. The van der Waals surface area contributed by atoms with Gasteiger partial charge >= 0.3 is 6.03 Å². The van der Waals surface area contributed by atoms with Gasteiger partial charge in [-0.05, 0) is 6.92 Å². The van der Waals surface area contributed by atoms with Crippen LogP contribution in [0.15, 0.2) is 0 Å². The van der Waals surface area contributed by atoms with E-state index in [2.05, 4.69) is 12.2 Å². The van der Waals surface area contributed by atoms with E-state index in [9.17, 15) is 24.0 Å². The second-order valence-electron chi connectivity index (χ2n) is 3.74. The fourth-order valence-corrected chi connectivity index (χ4v) is 2.13. The van der Waals surface area contributed by atoms with Gasteiger partial charge in [0.25, 0.3) is 5.91 Å². The fraction of sp³-hybridized carbons (Fsp3) is 0.400. The van der Waals surface area contributed by atoms with E-state index in [0.29, 0.717) is 4.90 Å². The molecular weight excluding hydrogens is 260 g/mol. The number of hydrogen-bond acceptors (Lipinski definition) is 6. The smallest absolute Gasteiger partial charge is 0.296 e. The lowest BCUT2D eigenvalue weighted by Gasteiger charge is -2.25. The highest BCUT2D eigenvalue weighted by molar-refractivity contribution is 7.79. The first-order valence-corrected chi connectivity index (χ1v) is 5.36. The van der Waals surface area contributed by atoms with Crippen molar-refractivity contribution in [1.82, 2.24) is 9.80 Å². The topological polar surface area (TPSA) is 91.8 Å². The van der Waals surface area contributed by atoms with E-state index in [1.807, 2.05) is 0 Å². The minimum absolute atomic E-state index is 0.242. The standard InChI is InChI=1S/C10H10N2O5S/c1-5(13)10(4-18)8(16)11(6(2)14)9(17)12(10)7(3)15/h4H,1-3H3. The first kappa shape index (κ1) is 14.1. The summed E-state index contributed by atoms with van der Waals surface area (Å²) >= 11 is 4.62. The lowest BCUT2D eigenvalue weighted by Crippen LogP contribution is -2.57. The van der Waals surface area contributed by atoms with Crippen molar-refractivity contribution in [2.45, 2.75) is 26.3 Å². The molecule has 1 rings (SSSR count). The Hall–Kier alpha value is -1.96. The van der Waals surface area contributed by atoms with Crippen molar-refractivity contribution in [2.24, 2.45) is 0 Å². The zero-order valence-corrected chi connectivity index (χ0v) is 10.7. The number of rotatable bonds is 2. The summed E-state index contributed by atoms with van der Waals surface area (Å²) < 4.78 is 0. The van der Waals surface area contributed by atoms with E-state index in [1.54, 1.807) is 0 Å². The molecule has 18 heavy (non-hydrogen) atoms. The maximum atomic E-state index is 12.0. The third-order valence-electron chi connectivity index (χ3n) is 2.60. The molecule has 0 saturated carbocycles. The average molecular weight is 270 g/mol. The Morgan fingerprint density at radius 1 is 1.11 bits per heavy atom. The van der Waals surface area contributed by atoms with Crippen molar-refractivity contribution in [1.29, 1.82) is 0 Å². The van der Waals surface area contributed by atoms with Crippen LogP contribution in [0.4, 0.5) is 4.79 Å². The monoisotopic (exact) mass is 270 g/mol. The van der Waals surface area contributed by atoms with E-state index in [1.165, 1.54) is 0 Å². The SMILES string of the molecule is CC(=O)N1C(=O)N(C(C)=O)C(C=S)(C(C)=O)C1=O. The molecule has 1 aliphatic heterocycles. The second-order valence-corrected chi connectivity index (χ2v) is 3.97. The van der Waals surface area contributed by atoms with E-state index >= 15 is 0 Å². The molecule has 0 aromatic carbocycles. The zero-order chi connectivity index (χ0) is 14.2. The largest absolute Gasteiger partial charge is 0.342 e. The predicted octanol–water partition coefficient (Wildman–Crippen LogP) is -0.329. The molecule has 0 bridgehead atoms. The highest BCUT2D eigenvalue weighted by Crippen LogP contribution is 2.28. The van der Waals surface area contributed by atoms with Crippen LogP contribution in [0.5, 0.6) is 0 Å². The molecule has 5 amide bonds. The van der Waals surface area contributed by atoms with Gasteiger partial charge in [0.15, 0.2) is 5.78 Å². The molecule has 96 valence electrons. The molecular formula is C10H10N2O5S. The summed E-state index contributed by atoms with van der Waals surface area (Å²) in [6, 6.07) is -1.16. The number of Topliss-reactive ketones (excluding diaryl/α,β-unsaturated/α-hetero) is 1. The third-order valence-corrected chi connectivity index (χ3v) is 2.94. The molecule has 1 atom stereocenters. The van der Waals surface area contributed by atoms with Crippen LogP contribution < -0.4 is 0 Å². The number of ketones is 1. The van der Waals surface area contributed by atoms with Gasteiger partial charge in [-0.25, -0.2) is 9.69 Å². The predicted molar refractivity (Wildman–Crippen MR) is 62.5 cm³/mol. The van der Waals surface area contributed by atoms with Gasteiger partial charge in [-0.1, -0.05) is 12.2 Å². The van der Waals surface area contributed by atoms with E-state index in [0.717, 1.165) is 26.1 Å². The Bertz CT molecular complexity index is 500. The molecule has 0 spiro atoms. The Morgan fingerprint density at radius 2 is 1.61 bits per heavy atom. The Labute approximate surface area is 108 Å². The van der Waals surface area contributed by atoms with Crippen molar-refractivity contribution in [3.8, 4) is 0 Å². The Kier molecular flexibility index (Phi) is 3.43. The number of carbonyl (C=O) groups is 5. The van der Waals surface area contributed by atoms with E-state index in [-0.39, 0.29) is 4.90 Å². The zero-order valence-electron chi connectivity index (χ0n) is 9.92. The summed E-state index contributed by atoms with van der Waals surface area (Å²) in [5, 5.41) is 0.736. The maximum absolute atomic E-state index is 12.0. The van der Waals surface area contributed by atoms with Crippen LogP contribution in [0.1, 0.15) is 20.8 Å². The molecule has 1 heterocycles. The second kappa shape index (κ2) is 4.37. The van der Waals surface area contributed by atoms with Gasteiger partial charge in [-0.3, -0.25) is 19.2 Å². The summed E-state index contributed by atoms with van der Waals surface area (Å²) in [5.41, 5.74) is -2.19. The van der Waals surface area contributed by atoms with Crippen molar-refractivity contribution in [3.63, 3.8) is 0 Å². The minimum Gasteiger partial charge on any atom is -0.296 e. The molecule has 1 fully saturated rings. The van der Waals surface area contributed by atoms with Gasteiger partial charge in [-0.2, -0.15) is 4.90 Å².